The van der Waals surface area contributed by atoms with Crippen LogP contribution in [-0.4, -0.2) is 21.9 Å². The van der Waals surface area contributed by atoms with E-state index in [1.165, 1.54) is 11.1 Å². The number of methoxy groups -OCH3 is 1. The minimum atomic E-state index is 0.0435. The SMILES string of the molecule is CCc1ccc([C@@H]2C[C@@H](c3cccc(OC)c3)n3nc(N)nc3N2)cc1. The van der Waals surface area contributed by atoms with Crippen molar-refractivity contribution < 1.29 is 4.74 Å². The Kier molecular flexibility index (Phi) is 4.24. The first-order chi connectivity index (χ1) is 12.7. The smallest absolute Gasteiger partial charge is 0.241 e. The first kappa shape index (κ1) is 16.4. The Morgan fingerprint density at radius 3 is 2.73 bits per heavy atom. The van der Waals surface area contributed by atoms with Gasteiger partial charge in [0.2, 0.25) is 11.9 Å². The predicted molar refractivity (Wildman–Crippen MR) is 102 cm³/mol. The number of fused-ring (bicyclic) bond motifs is 1. The number of nitrogen functional groups attached to an aromatic ring is 1. The van der Waals surface area contributed by atoms with Gasteiger partial charge in [0.15, 0.2) is 0 Å². The van der Waals surface area contributed by atoms with E-state index in [4.69, 9.17) is 10.5 Å². The quantitative estimate of drug-likeness (QED) is 0.753. The number of nitrogens with one attached hydrogen (secondary N) is 1. The molecule has 4 rings (SSSR count). The zero-order valence-corrected chi connectivity index (χ0v) is 15.0. The van der Waals surface area contributed by atoms with Crippen LogP contribution >= 0.6 is 0 Å². The van der Waals surface area contributed by atoms with E-state index in [1.54, 1.807) is 7.11 Å². The summed E-state index contributed by atoms with van der Waals surface area (Å²) in [7, 11) is 1.68. The summed E-state index contributed by atoms with van der Waals surface area (Å²) in [5, 5.41) is 7.88. The van der Waals surface area contributed by atoms with Gasteiger partial charge < -0.3 is 15.8 Å². The third kappa shape index (κ3) is 2.98. The van der Waals surface area contributed by atoms with Crippen LogP contribution in [-0.2, 0) is 6.42 Å². The van der Waals surface area contributed by atoms with E-state index in [1.807, 2.05) is 16.8 Å². The van der Waals surface area contributed by atoms with Crippen molar-refractivity contribution in [2.45, 2.75) is 31.8 Å². The van der Waals surface area contributed by atoms with Crippen molar-refractivity contribution in [3.05, 3.63) is 65.2 Å². The van der Waals surface area contributed by atoms with Crippen LogP contribution in [0.4, 0.5) is 11.9 Å². The Hall–Kier alpha value is -3.02. The summed E-state index contributed by atoms with van der Waals surface area (Å²) < 4.78 is 7.27. The van der Waals surface area contributed by atoms with E-state index < -0.39 is 0 Å². The molecule has 1 aromatic heterocycles. The summed E-state index contributed by atoms with van der Waals surface area (Å²) in [4.78, 5) is 4.37. The van der Waals surface area contributed by atoms with Crippen LogP contribution in [0.1, 0.15) is 42.1 Å². The van der Waals surface area contributed by atoms with E-state index in [2.05, 4.69) is 58.7 Å². The number of hydrogen-bond donors (Lipinski definition) is 2. The Labute approximate surface area is 153 Å². The molecule has 0 fully saturated rings. The Morgan fingerprint density at radius 2 is 2.00 bits per heavy atom. The monoisotopic (exact) mass is 349 g/mol. The highest BCUT2D eigenvalue weighted by Crippen LogP contribution is 2.38. The molecular weight excluding hydrogens is 326 g/mol. The highest BCUT2D eigenvalue weighted by atomic mass is 16.5. The number of nitrogens with zero attached hydrogens (tertiary/aromatic N) is 3. The highest BCUT2D eigenvalue weighted by Gasteiger charge is 2.31. The van der Waals surface area contributed by atoms with Crippen molar-refractivity contribution >= 4 is 11.9 Å². The topological polar surface area (TPSA) is 78.0 Å². The summed E-state index contributed by atoms with van der Waals surface area (Å²) in [5.74, 6) is 1.81. The van der Waals surface area contributed by atoms with Gasteiger partial charge in [0.1, 0.15) is 5.75 Å². The number of ether oxygens (including phenoxy) is 1. The molecular formula is C20H23N5O. The van der Waals surface area contributed by atoms with Crippen LogP contribution in [0.25, 0.3) is 0 Å². The van der Waals surface area contributed by atoms with Gasteiger partial charge in [-0.3, -0.25) is 0 Å². The van der Waals surface area contributed by atoms with Crippen molar-refractivity contribution in [1.29, 1.82) is 0 Å². The van der Waals surface area contributed by atoms with Crippen LogP contribution in [0.5, 0.6) is 5.75 Å². The average Bonchev–Trinajstić information content (AvgIpc) is 3.07. The number of aromatic nitrogens is 3. The zero-order chi connectivity index (χ0) is 18.1. The van der Waals surface area contributed by atoms with Gasteiger partial charge in [0, 0.05) is 0 Å². The Morgan fingerprint density at radius 1 is 1.19 bits per heavy atom. The molecule has 1 aliphatic rings. The molecule has 3 N–H and O–H groups in total. The van der Waals surface area contributed by atoms with E-state index in [-0.39, 0.29) is 18.0 Å². The minimum Gasteiger partial charge on any atom is -0.497 e. The fraction of sp³-hybridized carbons (Fsp3) is 0.300. The fourth-order valence-corrected chi connectivity index (χ4v) is 3.52. The first-order valence-electron chi connectivity index (χ1n) is 8.89. The maximum absolute atomic E-state index is 5.87. The first-order valence-corrected chi connectivity index (χ1v) is 8.89. The minimum absolute atomic E-state index is 0.0435. The van der Waals surface area contributed by atoms with Gasteiger partial charge in [-0.15, -0.1) is 5.10 Å². The molecule has 0 unspecified atom stereocenters. The van der Waals surface area contributed by atoms with Crippen molar-refractivity contribution in [3.8, 4) is 5.75 Å². The van der Waals surface area contributed by atoms with Crippen LogP contribution in [0.3, 0.4) is 0 Å². The van der Waals surface area contributed by atoms with E-state index in [0.29, 0.717) is 5.95 Å². The lowest BCUT2D eigenvalue weighted by Crippen LogP contribution is -2.28. The molecule has 2 aromatic carbocycles. The standard InChI is InChI=1S/C20H23N5O/c1-3-13-7-9-14(10-8-13)17-12-18(15-5-4-6-16(11-15)26-2)25-20(22-17)23-19(21)24-25/h4-11,17-18H,3,12H2,1-2H3,(H3,21,22,23,24)/t17-,18-/m0/s1. The maximum Gasteiger partial charge on any atom is 0.241 e. The van der Waals surface area contributed by atoms with Crippen molar-refractivity contribution in [2.24, 2.45) is 0 Å². The number of rotatable bonds is 4. The van der Waals surface area contributed by atoms with E-state index >= 15 is 0 Å². The highest BCUT2D eigenvalue weighted by molar-refractivity contribution is 5.43. The van der Waals surface area contributed by atoms with Gasteiger partial charge >= 0.3 is 0 Å². The molecule has 6 heteroatoms. The van der Waals surface area contributed by atoms with Crippen molar-refractivity contribution in [3.63, 3.8) is 0 Å². The molecule has 0 amide bonds. The molecule has 134 valence electrons. The van der Waals surface area contributed by atoms with Crippen LogP contribution in [0.15, 0.2) is 48.5 Å². The molecule has 2 atom stereocenters. The third-order valence-electron chi connectivity index (χ3n) is 4.97. The summed E-state index contributed by atoms with van der Waals surface area (Å²) in [5.41, 5.74) is 9.57. The van der Waals surface area contributed by atoms with Crippen LogP contribution in [0, 0.1) is 0 Å². The van der Waals surface area contributed by atoms with Gasteiger partial charge in [-0.05, 0) is 41.7 Å². The zero-order valence-electron chi connectivity index (χ0n) is 15.0. The summed E-state index contributed by atoms with van der Waals surface area (Å²) >= 11 is 0. The molecule has 0 bridgehead atoms. The van der Waals surface area contributed by atoms with Crippen LogP contribution in [0.2, 0.25) is 0 Å². The van der Waals surface area contributed by atoms with Crippen LogP contribution < -0.4 is 15.8 Å². The van der Waals surface area contributed by atoms with Gasteiger partial charge in [0.25, 0.3) is 0 Å². The molecule has 0 aliphatic carbocycles. The fourth-order valence-electron chi connectivity index (χ4n) is 3.52. The largest absolute Gasteiger partial charge is 0.497 e. The normalized spacial score (nSPS) is 18.8. The van der Waals surface area contributed by atoms with Gasteiger partial charge in [0.05, 0.1) is 19.2 Å². The van der Waals surface area contributed by atoms with Gasteiger partial charge in [-0.25, -0.2) is 4.68 Å². The summed E-state index contributed by atoms with van der Waals surface area (Å²) in [6.07, 6.45) is 1.89. The Balaban J connectivity index is 1.72. The number of nitrogens with two attached hydrogens (primary N) is 1. The summed E-state index contributed by atoms with van der Waals surface area (Å²) in [6, 6.07) is 17.0. The number of anilines is 2. The molecule has 0 spiro atoms. The second-order valence-corrected chi connectivity index (χ2v) is 6.56. The average molecular weight is 349 g/mol. The second kappa shape index (κ2) is 6.71. The lowest BCUT2D eigenvalue weighted by Gasteiger charge is -2.32. The van der Waals surface area contributed by atoms with Gasteiger partial charge in [-0.1, -0.05) is 43.3 Å². The van der Waals surface area contributed by atoms with Crippen molar-refractivity contribution in [2.75, 3.05) is 18.2 Å². The van der Waals surface area contributed by atoms with E-state index in [9.17, 15) is 0 Å². The molecule has 6 nitrogen and oxygen atoms in total. The molecule has 1 aliphatic heterocycles. The lowest BCUT2D eigenvalue weighted by molar-refractivity contribution is 0.406. The molecule has 0 saturated heterocycles. The molecule has 0 radical (unpaired) electrons. The molecule has 0 saturated carbocycles. The predicted octanol–water partition coefficient (Wildman–Crippen LogP) is 3.58. The number of hydrogen-bond acceptors (Lipinski definition) is 5. The molecule has 2 heterocycles. The third-order valence-corrected chi connectivity index (χ3v) is 4.97. The number of aryl methyl sites for hydroxylation is 1. The lowest BCUT2D eigenvalue weighted by atomic mass is 9.92. The van der Waals surface area contributed by atoms with Crippen molar-refractivity contribution in [1.82, 2.24) is 14.8 Å². The molecule has 3 aromatic rings. The Bertz CT molecular complexity index is 903. The van der Waals surface area contributed by atoms with E-state index in [0.717, 1.165) is 24.2 Å². The second-order valence-electron chi connectivity index (χ2n) is 6.56. The summed E-state index contributed by atoms with van der Waals surface area (Å²) in [6.45, 7) is 2.16. The van der Waals surface area contributed by atoms with Gasteiger partial charge in [-0.2, -0.15) is 4.98 Å². The number of benzene rings is 2. The maximum atomic E-state index is 5.87. The molecule has 26 heavy (non-hydrogen) atoms.